The molecule has 10 heteroatoms. The molecule has 4 rings (SSSR count). The highest BCUT2D eigenvalue weighted by Gasteiger charge is 2.29. The molecule has 7 nitrogen and oxygen atoms in total. The van der Waals surface area contributed by atoms with Gasteiger partial charge in [-0.15, -0.1) is 11.3 Å². The standard InChI is InChI=1S/C23H21ClFN5O2S/c1-14(8-9-26-22(31)16-5-6-16)30-20(18(24)13-28-30)23(32)29-21-19(25)11-15(12-27-21)4-7-17-3-2-10-33-17/h2-3,10-14,16H,5-6,8-9H2,1H3,(H,26,31)(H,27,29,32). The second-order valence-corrected chi connectivity index (χ2v) is 9.08. The Morgan fingerprint density at radius 2 is 2.18 bits per heavy atom. The van der Waals surface area contributed by atoms with Crippen LogP contribution in [0.2, 0.25) is 5.02 Å². The fourth-order valence-corrected chi connectivity index (χ4v) is 3.94. The van der Waals surface area contributed by atoms with Crippen molar-refractivity contribution in [3.8, 4) is 11.8 Å². The van der Waals surface area contributed by atoms with E-state index in [9.17, 15) is 14.0 Å². The maximum absolute atomic E-state index is 14.6. The molecule has 1 atom stereocenters. The van der Waals surface area contributed by atoms with E-state index in [1.54, 1.807) is 0 Å². The Kier molecular flexibility index (Phi) is 7.06. The van der Waals surface area contributed by atoms with Crippen LogP contribution in [0.5, 0.6) is 0 Å². The lowest BCUT2D eigenvalue weighted by atomic mass is 10.2. The van der Waals surface area contributed by atoms with E-state index in [1.807, 2.05) is 24.4 Å². The smallest absolute Gasteiger partial charge is 0.276 e. The van der Waals surface area contributed by atoms with E-state index in [0.29, 0.717) is 18.5 Å². The van der Waals surface area contributed by atoms with Gasteiger partial charge in [-0.3, -0.25) is 14.3 Å². The largest absolute Gasteiger partial charge is 0.356 e. The van der Waals surface area contributed by atoms with E-state index in [4.69, 9.17) is 11.6 Å². The second kappa shape index (κ2) is 10.1. The maximum atomic E-state index is 14.6. The molecule has 3 aromatic heterocycles. The summed E-state index contributed by atoms with van der Waals surface area (Å²) in [5.74, 6) is 4.41. The predicted molar refractivity (Wildman–Crippen MR) is 125 cm³/mol. The van der Waals surface area contributed by atoms with E-state index < -0.39 is 11.7 Å². The lowest BCUT2D eigenvalue weighted by Crippen LogP contribution is -2.28. The zero-order valence-electron chi connectivity index (χ0n) is 17.8. The van der Waals surface area contributed by atoms with Crippen molar-refractivity contribution in [2.75, 3.05) is 11.9 Å². The van der Waals surface area contributed by atoms with Crippen molar-refractivity contribution in [1.82, 2.24) is 20.1 Å². The number of hydrogen-bond acceptors (Lipinski definition) is 5. The third kappa shape index (κ3) is 5.78. The van der Waals surface area contributed by atoms with E-state index in [-0.39, 0.29) is 34.4 Å². The van der Waals surface area contributed by atoms with Gasteiger partial charge in [-0.2, -0.15) is 5.10 Å². The maximum Gasteiger partial charge on any atom is 0.276 e. The number of nitrogens with one attached hydrogen (secondary N) is 2. The van der Waals surface area contributed by atoms with Crippen LogP contribution in [0.25, 0.3) is 0 Å². The van der Waals surface area contributed by atoms with Crippen LogP contribution in [0.15, 0.2) is 36.0 Å². The number of thiophene rings is 1. The summed E-state index contributed by atoms with van der Waals surface area (Å²) in [5, 5.41) is 11.6. The highest BCUT2D eigenvalue weighted by molar-refractivity contribution is 7.10. The summed E-state index contributed by atoms with van der Waals surface area (Å²) in [6, 6.07) is 4.75. The van der Waals surface area contributed by atoms with Gasteiger partial charge in [-0.1, -0.05) is 29.5 Å². The number of nitrogens with zero attached hydrogens (tertiary/aromatic N) is 3. The van der Waals surface area contributed by atoms with Crippen LogP contribution in [0.3, 0.4) is 0 Å². The number of amides is 2. The third-order valence-electron chi connectivity index (χ3n) is 5.12. The summed E-state index contributed by atoms with van der Waals surface area (Å²) in [6.07, 6.45) is 5.19. The van der Waals surface area contributed by atoms with Gasteiger partial charge in [-0.25, -0.2) is 9.37 Å². The molecule has 33 heavy (non-hydrogen) atoms. The molecule has 1 aliphatic carbocycles. The van der Waals surface area contributed by atoms with Gasteiger partial charge in [-0.05, 0) is 43.7 Å². The first-order valence-electron chi connectivity index (χ1n) is 10.5. The number of halogens is 2. The highest BCUT2D eigenvalue weighted by Crippen LogP contribution is 2.29. The first-order valence-corrected chi connectivity index (χ1v) is 11.7. The molecule has 2 amide bonds. The van der Waals surface area contributed by atoms with Crippen LogP contribution in [0, 0.1) is 23.6 Å². The number of carbonyl (C=O) groups is 2. The van der Waals surface area contributed by atoms with Crippen molar-refractivity contribution < 1.29 is 14.0 Å². The van der Waals surface area contributed by atoms with E-state index in [2.05, 4.69) is 32.6 Å². The lowest BCUT2D eigenvalue weighted by Gasteiger charge is -2.16. The molecule has 1 unspecified atom stereocenters. The molecule has 0 aromatic carbocycles. The first kappa shape index (κ1) is 23.0. The molecule has 3 aromatic rings. The summed E-state index contributed by atoms with van der Waals surface area (Å²) < 4.78 is 16.0. The van der Waals surface area contributed by atoms with Crippen molar-refractivity contribution in [2.45, 2.75) is 32.2 Å². The summed E-state index contributed by atoms with van der Waals surface area (Å²) in [6.45, 7) is 2.32. The SMILES string of the molecule is CC(CCNC(=O)C1CC1)n1ncc(Cl)c1C(=O)Nc1ncc(C#Cc2cccs2)cc1F. The molecule has 1 aliphatic rings. The van der Waals surface area contributed by atoms with Gasteiger partial charge in [0.1, 0.15) is 5.69 Å². The van der Waals surface area contributed by atoms with Crippen LogP contribution in [0.4, 0.5) is 10.2 Å². The number of pyridine rings is 1. The highest BCUT2D eigenvalue weighted by atomic mass is 35.5. The minimum absolute atomic E-state index is 0.0590. The molecular formula is C23H21ClFN5O2S. The van der Waals surface area contributed by atoms with Crippen molar-refractivity contribution in [2.24, 2.45) is 5.92 Å². The Morgan fingerprint density at radius 3 is 2.88 bits per heavy atom. The average molecular weight is 486 g/mol. The van der Waals surface area contributed by atoms with Gasteiger partial charge >= 0.3 is 0 Å². The Morgan fingerprint density at radius 1 is 1.36 bits per heavy atom. The molecule has 0 bridgehead atoms. The quantitative estimate of drug-likeness (QED) is 0.489. The number of hydrogen-bond donors (Lipinski definition) is 2. The molecule has 170 valence electrons. The van der Waals surface area contributed by atoms with Crippen LogP contribution in [-0.4, -0.2) is 33.1 Å². The van der Waals surface area contributed by atoms with Crippen molar-refractivity contribution in [3.63, 3.8) is 0 Å². The second-order valence-electron chi connectivity index (χ2n) is 7.72. The van der Waals surface area contributed by atoms with Crippen LogP contribution >= 0.6 is 22.9 Å². The topological polar surface area (TPSA) is 88.9 Å². The molecule has 2 N–H and O–H groups in total. The fourth-order valence-electron chi connectivity index (χ4n) is 3.15. The Hall–Kier alpha value is -3.22. The minimum Gasteiger partial charge on any atom is -0.356 e. The lowest BCUT2D eigenvalue weighted by molar-refractivity contribution is -0.122. The molecule has 1 fully saturated rings. The molecule has 0 saturated heterocycles. The van der Waals surface area contributed by atoms with Gasteiger partial charge in [0, 0.05) is 24.2 Å². The van der Waals surface area contributed by atoms with Gasteiger partial charge in [0.25, 0.3) is 5.91 Å². The third-order valence-corrected chi connectivity index (χ3v) is 6.18. The molecule has 0 radical (unpaired) electrons. The molecular weight excluding hydrogens is 465 g/mol. The molecule has 1 saturated carbocycles. The van der Waals surface area contributed by atoms with Crippen LogP contribution in [0.1, 0.15) is 53.2 Å². The Labute approximate surface area is 199 Å². The summed E-state index contributed by atoms with van der Waals surface area (Å²) >= 11 is 7.68. The van der Waals surface area contributed by atoms with Gasteiger partial charge in [0.05, 0.1) is 22.1 Å². The Balaban J connectivity index is 1.41. The fraction of sp³-hybridized carbons (Fsp3) is 0.304. The zero-order valence-corrected chi connectivity index (χ0v) is 19.3. The molecule has 3 heterocycles. The molecule has 0 spiro atoms. The normalized spacial score (nSPS) is 13.7. The van der Waals surface area contributed by atoms with Crippen molar-refractivity contribution in [3.05, 3.63) is 62.9 Å². The number of rotatable bonds is 7. The Bertz CT molecular complexity index is 1230. The number of carbonyl (C=O) groups excluding carboxylic acids is 2. The monoisotopic (exact) mass is 485 g/mol. The first-order chi connectivity index (χ1) is 15.9. The minimum atomic E-state index is -0.709. The van der Waals surface area contributed by atoms with Gasteiger partial charge < -0.3 is 10.6 Å². The van der Waals surface area contributed by atoms with Crippen LogP contribution < -0.4 is 10.6 Å². The molecule has 0 aliphatic heterocycles. The van der Waals surface area contributed by atoms with E-state index in [0.717, 1.165) is 17.7 Å². The summed E-state index contributed by atoms with van der Waals surface area (Å²) in [7, 11) is 0. The van der Waals surface area contributed by atoms with E-state index >= 15 is 0 Å². The van der Waals surface area contributed by atoms with Crippen molar-refractivity contribution in [1.29, 1.82) is 0 Å². The van der Waals surface area contributed by atoms with Gasteiger partial charge in [0.15, 0.2) is 11.6 Å². The summed E-state index contributed by atoms with van der Waals surface area (Å²) in [4.78, 5) is 29.5. The zero-order chi connectivity index (χ0) is 23.4. The van der Waals surface area contributed by atoms with Crippen molar-refractivity contribution >= 4 is 40.6 Å². The van der Waals surface area contributed by atoms with Crippen LogP contribution in [-0.2, 0) is 4.79 Å². The summed E-state index contributed by atoms with van der Waals surface area (Å²) in [5.41, 5.74) is 0.490. The average Bonchev–Trinajstić information content (AvgIpc) is 3.37. The number of aromatic nitrogens is 3. The van der Waals surface area contributed by atoms with Gasteiger partial charge in [0.2, 0.25) is 5.91 Å². The van der Waals surface area contributed by atoms with E-state index in [1.165, 1.54) is 34.5 Å². The predicted octanol–water partition coefficient (Wildman–Crippen LogP) is 4.26. The number of anilines is 1.